The van der Waals surface area contributed by atoms with Gasteiger partial charge in [-0.3, -0.25) is 14.9 Å². The molecule has 2 N–H and O–H groups in total. The molecule has 1 rings (SSSR count). The number of hydrogen-bond acceptors (Lipinski definition) is 5. The molecule has 0 spiro atoms. The first kappa shape index (κ1) is 13.9. The number of likely N-dealkylation sites (N-methyl/N-ethyl adjacent to an activating group) is 1. The van der Waals surface area contributed by atoms with Crippen LogP contribution in [0.5, 0.6) is 5.75 Å². The lowest BCUT2D eigenvalue weighted by atomic mass is 10.1. The van der Waals surface area contributed by atoms with Gasteiger partial charge in [-0.15, -0.1) is 0 Å². The topological polar surface area (TPSA) is 93.5 Å². The van der Waals surface area contributed by atoms with Crippen molar-refractivity contribution in [2.75, 3.05) is 20.7 Å². The van der Waals surface area contributed by atoms with Crippen LogP contribution in [0, 0.1) is 10.1 Å². The number of non-ortho nitro benzene ring substituents is 1. The second-order valence-electron chi connectivity index (χ2n) is 3.53. The number of carbonyl (C=O) groups is 1. The summed E-state index contributed by atoms with van der Waals surface area (Å²) in [6.45, 7) is 0.459. The van der Waals surface area contributed by atoms with Crippen LogP contribution in [0.4, 0.5) is 5.69 Å². The molecule has 0 heterocycles. The van der Waals surface area contributed by atoms with E-state index < -0.39 is 4.92 Å². The number of benzene rings is 1. The van der Waals surface area contributed by atoms with Gasteiger partial charge in [0, 0.05) is 31.3 Å². The van der Waals surface area contributed by atoms with Crippen LogP contribution in [-0.4, -0.2) is 31.5 Å². The fourth-order valence-corrected chi connectivity index (χ4v) is 1.42. The van der Waals surface area contributed by atoms with Crippen molar-refractivity contribution in [3.05, 3.63) is 33.9 Å². The number of amides is 1. The van der Waals surface area contributed by atoms with Gasteiger partial charge in [-0.05, 0) is 6.07 Å². The predicted molar refractivity (Wildman–Crippen MR) is 65.4 cm³/mol. The second-order valence-corrected chi connectivity index (χ2v) is 3.53. The minimum Gasteiger partial charge on any atom is -0.496 e. The van der Waals surface area contributed by atoms with Gasteiger partial charge in [-0.25, -0.2) is 0 Å². The monoisotopic (exact) mass is 253 g/mol. The van der Waals surface area contributed by atoms with E-state index in [1.54, 1.807) is 0 Å². The summed E-state index contributed by atoms with van der Waals surface area (Å²) in [5.41, 5.74) is 0.628. The predicted octanol–water partition coefficient (Wildman–Crippen LogP) is 0.439. The molecule has 7 nitrogen and oxygen atoms in total. The Morgan fingerprint density at radius 2 is 2.22 bits per heavy atom. The van der Waals surface area contributed by atoms with Crippen molar-refractivity contribution in [2.45, 2.75) is 6.54 Å². The highest BCUT2D eigenvalue weighted by molar-refractivity contribution is 5.77. The van der Waals surface area contributed by atoms with E-state index in [0.717, 1.165) is 0 Å². The fourth-order valence-electron chi connectivity index (χ4n) is 1.42. The van der Waals surface area contributed by atoms with Crippen molar-refractivity contribution < 1.29 is 14.5 Å². The molecule has 0 bridgehead atoms. The molecule has 1 aromatic rings. The zero-order chi connectivity index (χ0) is 13.5. The minimum atomic E-state index is -0.471. The largest absolute Gasteiger partial charge is 0.496 e. The highest BCUT2D eigenvalue weighted by Crippen LogP contribution is 2.23. The van der Waals surface area contributed by atoms with Crippen LogP contribution in [0.25, 0.3) is 0 Å². The Balaban J connectivity index is 2.75. The number of methoxy groups -OCH3 is 1. The lowest BCUT2D eigenvalue weighted by Crippen LogP contribution is -2.31. The molecule has 18 heavy (non-hydrogen) atoms. The lowest BCUT2D eigenvalue weighted by Gasteiger charge is -2.09. The van der Waals surface area contributed by atoms with Crippen LogP contribution in [0.2, 0.25) is 0 Å². The quantitative estimate of drug-likeness (QED) is 0.566. The first-order valence-electron chi connectivity index (χ1n) is 5.31. The Hall–Kier alpha value is -2.15. The smallest absolute Gasteiger partial charge is 0.270 e. The van der Waals surface area contributed by atoms with E-state index in [0.29, 0.717) is 17.9 Å². The first-order valence-corrected chi connectivity index (χ1v) is 5.31. The Morgan fingerprint density at radius 3 is 2.78 bits per heavy atom. The van der Waals surface area contributed by atoms with Gasteiger partial charge in [0.05, 0.1) is 18.6 Å². The van der Waals surface area contributed by atoms with E-state index in [1.807, 2.05) is 0 Å². The number of nitro groups is 1. The number of carbonyl (C=O) groups excluding carboxylic acids is 1. The molecular formula is C11H15N3O4. The van der Waals surface area contributed by atoms with Crippen LogP contribution >= 0.6 is 0 Å². The summed E-state index contributed by atoms with van der Waals surface area (Å²) in [5.74, 6) is 0.393. The summed E-state index contributed by atoms with van der Waals surface area (Å²) in [6.07, 6.45) is 0. The van der Waals surface area contributed by atoms with Crippen molar-refractivity contribution in [1.82, 2.24) is 10.6 Å². The maximum atomic E-state index is 11.0. The Bertz CT molecular complexity index is 448. The molecule has 0 atom stereocenters. The third kappa shape index (κ3) is 3.70. The molecule has 1 aromatic carbocycles. The van der Waals surface area contributed by atoms with Crippen LogP contribution in [0.1, 0.15) is 5.56 Å². The summed E-state index contributed by atoms with van der Waals surface area (Å²) in [5, 5.41) is 16.0. The standard InChI is InChI=1S/C11H15N3O4/c1-12-11(15)7-13-6-8-5-9(14(16)17)3-4-10(8)18-2/h3-5,13H,6-7H2,1-2H3,(H,12,15). The number of hydrogen-bond donors (Lipinski definition) is 2. The van der Waals surface area contributed by atoms with E-state index in [1.165, 1.54) is 32.4 Å². The van der Waals surface area contributed by atoms with Crippen molar-refractivity contribution in [2.24, 2.45) is 0 Å². The molecule has 0 fully saturated rings. The van der Waals surface area contributed by atoms with E-state index in [4.69, 9.17) is 4.74 Å². The van der Waals surface area contributed by atoms with Crippen molar-refractivity contribution in [1.29, 1.82) is 0 Å². The van der Waals surface area contributed by atoms with Gasteiger partial charge in [0.1, 0.15) is 5.75 Å². The summed E-state index contributed by atoms with van der Waals surface area (Å²) in [4.78, 5) is 21.2. The Labute approximate surface area is 104 Å². The molecule has 0 aliphatic heterocycles. The summed E-state index contributed by atoms with van der Waals surface area (Å²) >= 11 is 0. The maximum Gasteiger partial charge on any atom is 0.270 e. The number of nitro benzene ring substituents is 1. The first-order chi connectivity index (χ1) is 8.58. The van der Waals surface area contributed by atoms with Gasteiger partial charge in [0.25, 0.3) is 5.69 Å². The number of ether oxygens (including phenoxy) is 1. The molecule has 0 aliphatic rings. The van der Waals surface area contributed by atoms with Crippen LogP contribution in [0.3, 0.4) is 0 Å². The van der Waals surface area contributed by atoms with Crippen molar-refractivity contribution >= 4 is 11.6 Å². The molecule has 0 saturated carbocycles. The molecule has 7 heteroatoms. The van der Waals surface area contributed by atoms with Crippen molar-refractivity contribution in [3.8, 4) is 5.75 Å². The summed E-state index contributed by atoms with van der Waals surface area (Å²) < 4.78 is 5.10. The van der Waals surface area contributed by atoms with E-state index in [2.05, 4.69) is 10.6 Å². The molecule has 0 unspecified atom stereocenters. The third-order valence-corrected chi connectivity index (χ3v) is 2.35. The van der Waals surface area contributed by atoms with Gasteiger partial charge >= 0.3 is 0 Å². The van der Waals surface area contributed by atoms with E-state index >= 15 is 0 Å². The van der Waals surface area contributed by atoms with Gasteiger partial charge < -0.3 is 15.4 Å². The minimum absolute atomic E-state index is 0.00690. The fraction of sp³-hybridized carbons (Fsp3) is 0.364. The van der Waals surface area contributed by atoms with Gasteiger partial charge in [0.2, 0.25) is 5.91 Å². The summed E-state index contributed by atoms with van der Waals surface area (Å²) in [6, 6.07) is 4.34. The van der Waals surface area contributed by atoms with Crippen LogP contribution < -0.4 is 15.4 Å². The zero-order valence-corrected chi connectivity index (χ0v) is 10.2. The number of nitrogens with zero attached hydrogens (tertiary/aromatic N) is 1. The molecule has 98 valence electrons. The Kier molecular flexibility index (Phi) is 5.06. The van der Waals surface area contributed by atoms with Crippen LogP contribution in [0.15, 0.2) is 18.2 Å². The molecule has 0 radical (unpaired) electrons. The maximum absolute atomic E-state index is 11.0. The molecule has 1 amide bonds. The highest BCUT2D eigenvalue weighted by atomic mass is 16.6. The molecular weight excluding hydrogens is 238 g/mol. The van der Waals surface area contributed by atoms with Crippen LogP contribution in [-0.2, 0) is 11.3 Å². The normalized spacial score (nSPS) is 9.89. The zero-order valence-electron chi connectivity index (χ0n) is 10.2. The van der Waals surface area contributed by atoms with E-state index in [9.17, 15) is 14.9 Å². The highest BCUT2D eigenvalue weighted by Gasteiger charge is 2.11. The average molecular weight is 253 g/mol. The average Bonchev–Trinajstić information content (AvgIpc) is 2.38. The second kappa shape index (κ2) is 6.55. The number of rotatable bonds is 6. The summed E-state index contributed by atoms with van der Waals surface area (Å²) in [7, 11) is 3.03. The molecule has 0 aliphatic carbocycles. The van der Waals surface area contributed by atoms with E-state index in [-0.39, 0.29) is 18.1 Å². The van der Waals surface area contributed by atoms with Gasteiger partial charge in [-0.2, -0.15) is 0 Å². The SMILES string of the molecule is CNC(=O)CNCc1cc([N+](=O)[O-])ccc1OC. The Morgan fingerprint density at radius 1 is 1.50 bits per heavy atom. The third-order valence-electron chi connectivity index (χ3n) is 2.35. The lowest BCUT2D eigenvalue weighted by molar-refractivity contribution is -0.384. The van der Waals surface area contributed by atoms with Crippen molar-refractivity contribution in [3.63, 3.8) is 0 Å². The molecule has 0 saturated heterocycles. The van der Waals surface area contributed by atoms with Gasteiger partial charge in [-0.1, -0.05) is 0 Å². The molecule has 0 aromatic heterocycles. The number of nitrogens with one attached hydrogen (secondary N) is 2. The van der Waals surface area contributed by atoms with Gasteiger partial charge in [0.15, 0.2) is 0 Å².